The van der Waals surface area contributed by atoms with Crippen molar-refractivity contribution in [2.75, 3.05) is 6.61 Å². The standard InChI is InChI=1S/C9H12N2O2/c1-3-13-9-8(10)7(5-12)4-6(2)11-9/h4,8H,3,10H2,1-2H3. The summed E-state index contributed by atoms with van der Waals surface area (Å²) in [6.45, 7) is 4.11. The third-order valence-corrected chi connectivity index (χ3v) is 1.66. The summed E-state index contributed by atoms with van der Waals surface area (Å²) in [6.07, 6.45) is 1.61. The number of allylic oxidation sites excluding steroid dienone is 1. The molecule has 0 aromatic carbocycles. The topological polar surface area (TPSA) is 64.7 Å². The maximum absolute atomic E-state index is 10.5. The van der Waals surface area contributed by atoms with Crippen molar-refractivity contribution in [1.82, 2.24) is 0 Å². The van der Waals surface area contributed by atoms with Crippen molar-refractivity contribution in [1.29, 1.82) is 0 Å². The van der Waals surface area contributed by atoms with E-state index in [-0.39, 0.29) is 0 Å². The van der Waals surface area contributed by atoms with Crippen molar-refractivity contribution in [3.05, 3.63) is 17.3 Å². The highest BCUT2D eigenvalue weighted by Crippen LogP contribution is 2.13. The summed E-state index contributed by atoms with van der Waals surface area (Å²) in [5.41, 5.74) is 6.78. The van der Waals surface area contributed by atoms with E-state index in [1.54, 1.807) is 18.9 Å². The number of hydrogen-bond acceptors (Lipinski definition) is 4. The summed E-state index contributed by atoms with van der Waals surface area (Å²) >= 11 is 0. The Morgan fingerprint density at radius 1 is 1.77 bits per heavy atom. The van der Waals surface area contributed by atoms with Crippen LogP contribution in [-0.4, -0.2) is 24.5 Å². The fourth-order valence-corrected chi connectivity index (χ4v) is 1.09. The highest BCUT2D eigenvalue weighted by atomic mass is 16.5. The van der Waals surface area contributed by atoms with Crippen molar-refractivity contribution in [2.45, 2.75) is 19.9 Å². The van der Waals surface area contributed by atoms with Crippen LogP contribution in [0.1, 0.15) is 13.8 Å². The number of hydrogen-bond donors (Lipinski definition) is 1. The summed E-state index contributed by atoms with van der Waals surface area (Å²) < 4.78 is 5.18. The molecule has 0 amide bonds. The maximum atomic E-state index is 10.5. The van der Waals surface area contributed by atoms with Crippen molar-refractivity contribution < 1.29 is 9.53 Å². The van der Waals surface area contributed by atoms with E-state index in [4.69, 9.17) is 10.5 Å². The second kappa shape index (κ2) is 4.03. The monoisotopic (exact) mass is 180 g/mol. The number of aliphatic imine (C=N–C) groups is 1. The molecule has 1 rings (SSSR count). The molecule has 2 N–H and O–H groups in total. The Hall–Kier alpha value is -1.38. The summed E-state index contributed by atoms with van der Waals surface area (Å²) in [5, 5.41) is 0. The molecule has 1 unspecified atom stereocenters. The van der Waals surface area contributed by atoms with Gasteiger partial charge in [0.2, 0.25) is 5.90 Å². The van der Waals surface area contributed by atoms with Gasteiger partial charge in [-0.25, -0.2) is 9.79 Å². The smallest absolute Gasteiger partial charge is 0.211 e. The molecule has 0 aromatic heterocycles. The predicted octanol–water partition coefficient (Wildman–Crippen LogP) is 0.424. The Kier molecular flexibility index (Phi) is 3.01. The highest BCUT2D eigenvalue weighted by Gasteiger charge is 2.21. The summed E-state index contributed by atoms with van der Waals surface area (Å²) in [7, 11) is 0. The molecule has 0 saturated carbocycles. The van der Waals surface area contributed by atoms with E-state index in [9.17, 15) is 4.79 Å². The van der Waals surface area contributed by atoms with E-state index in [0.29, 0.717) is 23.8 Å². The fourth-order valence-electron chi connectivity index (χ4n) is 1.09. The van der Waals surface area contributed by atoms with Crippen LogP contribution in [0.4, 0.5) is 0 Å². The van der Waals surface area contributed by atoms with Crippen molar-refractivity contribution in [3.8, 4) is 0 Å². The van der Waals surface area contributed by atoms with Crippen LogP contribution in [0.3, 0.4) is 0 Å². The molecule has 0 fully saturated rings. The second-order valence-electron chi connectivity index (χ2n) is 2.70. The highest BCUT2D eigenvalue weighted by molar-refractivity contribution is 5.91. The number of carbonyl (C=O) groups excluding carboxylic acids is 1. The lowest BCUT2D eigenvalue weighted by Gasteiger charge is -2.17. The van der Waals surface area contributed by atoms with Gasteiger partial charge in [0, 0.05) is 5.70 Å². The van der Waals surface area contributed by atoms with E-state index in [2.05, 4.69) is 4.99 Å². The zero-order valence-corrected chi connectivity index (χ0v) is 7.70. The number of nitrogens with zero attached hydrogens (tertiary/aromatic N) is 1. The van der Waals surface area contributed by atoms with Crippen LogP contribution in [0, 0.1) is 0 Å². The SMILES string of the molecule is CCOC1=NC(C)=CC(=C=O)C1N. The number of nitrogens with two attached hydrogens (primary N) is 1. The van der Waals surface area contributed by atoms with Crippen LogP contribution < -0.4 is 5.73 Å². The Bertz CT molecular complexity index is 312. The minimum Gasteiger partial charge on any atom is -0.480 e. The number of rotatable bonds is 1. The zero-order valence-electron chi connectivity index (χ0n) is 7.70. The zero-order chi connectivity index (χ0) is 9.84. The van der Waals surface area contributed by atoms with E-state index in [1.165, 1.54) is 0 Å². The molecule has 4 nitrogen and oxygen atoms in total. The summed E-state index contributed by atoms with van der Waals surface area (Å²) in [5.74, 6) is 2.17. The Morgan fingerprint density at radius 3 is 3.00 bits per heavy atom. The molecule has 0 radical (unpaired) electrons. The minimum absolute atomic E-state index is 0.385. The molecule has 0 bridgehead atoms. The van der Waals surface area contributed by atoms with Crippen molar-refractivity contribution >= 4 is 11.8 Å². The van der Waals surface area contributed by atoms with Gasteiger partial charge >= 0.3 is 0 Å². The number of ether oxygens (including phenoxy) is 1. The second-order valence-corrected chi connectivity index (χ2v) is 2.70. The molecular formula is C9H12N2O2. The van der Waals surface area contributed by atoms with E-state index >= 15 is 0 Å². The van der Waals surface area contributed by atoms with Gasteiger partial charge in [0.25, 0.3) is 0 Å². The average molecular weight is 180 g/mol. The van der Waals surface area contributed by atoms with E-state index in [0.717, 1.165) is 0 Å². The molecule has 4 heteroatoms. The molecule has 0 aromatic rings. The first-order valence-electron chi connectivity index (χ1n) is 4.09. The third kappa shape index (κ3) is 2.05. The molecule has 1 heterocycles. The van der Waals surface area contributed by atoms with Crippen molar-refractivity contribution in [3.63, 3.8) is 0 Å². The fraction of sp³-hybridized carbons (Fsp3) is 0.444. The molecule has 0 aliphatic carbocycles. The first-order valence-corrected chi connectivity index (χ1v) is 4.09. The van der Waals surface area contributed by atoms with Crippen LogP contribution in [-0.2, 0) is 9.53 Å². The van der Waals surface area contributed by atoms with E-state index < -0.39 is 6.04 Å². The summed E-state index contributed by atoms with van der Waals surface area (Å²) in [6, 6.07) is -0.568. The van der Waals surface area contributed by atoms with Gasteiger partial charge in [0.1, 0.15) is 12.0 Å². The normalized spacial score (nSPS) is 21.8. The first kappa shape index (κ1) is 9.71. The van der Waals surface area contributed by atoms with Gasteiger partial charge in [-0.1, -0.05) is 0 Å². The van der Waals surface area contributed by atoms with Gasteiger partial charge in [-0.3, -0.25) is 0 Å². The molecular weight excluding hydrogens is 168 g/mol. The molecule has 1 atom stereocenters. The molecule has 1 aliphatic heterocycles. The van der Waals surface area contributed by atoms with Gasteiger partial charge in [-0.05, 0) is 19.9 Å². The van der Waals surface area contributed by atoms with Gasteiger partial charge in [0.15, 0.2) is 0 Å². The Labute approximate surface area is 76.8 Å². The van der Waals surface area contributed by atoms with Crippen LogP contribution in [0.15, 0.2) is 22.3 Å². The first-order chi connectivity index (χ1) is 6.19. The van der Waals surface area contributed by atoms with Gasteiger partial charge in [-0.2, -0.15) is 0 Å². The third-order valence-electron chi connectivity index (χ3n) is 1.66. The molecule has 70 valence electrons. The van der Waals surface area contributed by atoms with Crippen molar-refractivity contribution in [2.24, 2.45) is 10.7 Å². The average Bonchev–Trinajstić information content (AvgIpc) is 2.11. The lowest BCUT2D eigenvalue weighted by molar-refractivity contribution is 0.314. The quantitative estimate of drug-likeness (QED) is 0.595. The molecule has 13 heavy (non-hydrogen) atoms. The molecule has 1 aliphatic rings. The summed E-state index contributed by atoms with van der Waals surface area (Å²) in [4.78, 5) is 14.6. The Balaban J connectivity index is 2.97. The van der Waals surface area contributed by atoms with Gasteiger partial charge < -0.3 is 10.5 Å². The lowest BCUT2D eigenvalue weighted by Crippen LogP contribution is -2.36. The molecule has 0 spiro atoms. The predicted molar refractivity (Wildman–Crippen MR) is 50.0 cm³/mol. The van der Waals surface area contributed by atoms with Gasteiger partial charge in [-0.15, -0.1) is 0 Å². The Morgan fingerprint density at radius 2 is 2.46 bits per heavy atom. The maximum Gasteiger partial charge on any atom is 0.211 e. The van der Waals surface area contributed by atoms with Crippen LogP contribution in [0.25, 0.3) is 0 Å². The van der Waals surface area contributed by atoms with Crippen LogP contribution in [0.2, 0.25) is 0 Å². The minimum atomic E-state index is -0.568. The van der Waals surface area contributed by atoms with Gasteiger partial charge in [0.05, 0.1) is 12.2 Å². The lowest BCUT2D eigenvalue weighted by atomic mass is 10.1. The molecule has 0 saturated heterocycles. The largest absolute Gasteiger partial charge is 0.480 e. The van der Waals surface area contributed by atoms with Crippen LogP contribution >= 0.6 is 0 Å². The van der Waals surface area contributed by atoms with E-state index in [1.807, 2.05) is 6.92 Å². The van der Waals surface area contributed by atoms with Crippen LogP contribution in [0.5, 0.6) is 0 Å².